The van der Waals surface area contributed by atoms with Gasteiger partial charge in [-0.25, -0.2) is 9.31 Å². The van der Waals surface area contributed by atoms with Crippen molar-refractivity contribution in [2.75, 3.05) is 5.73 Å². The molecule has 0 radical (unpaired) electrons. The molecule has 78 valence electrons. The van der Waals surface area contributed by atoms with Crippen LogP contribution in [0.25, 0.3) is 5.65 Å². The van der Waals surface area contributed by atoms with E-state index in [2.05, 4.69) is 10.1 Å². The molecule has 0 amide bonds. The summed E-state index contributed by atoms with van der Waals surface area (Å²) < 4.78 is 1.19. The zero-order valence-electron chi connectivity index (χ0n) is 7.81. The molecule has 0 aliphatic rings. The summed E-state index contributed by atoms with van der Waals surface area (Å²) in [7, 11) is 0. The molecule has 7 nitrogen and oxygen atoms in total. The molecule has 0 atom stereocenters. The number of H-pyrrole nitrogens is 1. The Morgan fingerprint density at radius 1 is 1.67 bits per heavy atom. The number of nitrogens with two attached hydrogens (primary N) is 1. The van der Waals surface area contributed by atoms with Crippen LogP contribution < -0.4 is 11.3 Å². The number of nitrogens with one attached hydrogen (secondary N) is 1. The third-order valence-corrected chi connectivity index (χ3v) is 2.12. The zero-order chi connectivity index (χ0) is 11.2. The summed E-state index contributed by atoms with van der Waals surface area (Å²) >= 11 is 0. The molecule has 0 saturated heterocycles. The highest BCUT2D eigenvalue weighted by atomic mass is 16.4. The van der Waals surface area contributed by atoms with E-state index in [0.717, 1.165) is 0 Å². The van der Waals surface area contributed by atoms with Crippen LogP contribution in [0.1, 0.15) is 16.1 Å². The number of rotatable bonds is 1. The van der Waals surface area contributed by atoms with E-state index in [9.17, 15) is 9.59 Å². The Balaban J connectivity index is 2.88. The van der Waals surface area contributed by atoms with Crippen LogP contribution in [0.3, 0.4) is 0 Å². The van der Waals surface area contributed by atoms with E-state index >= 15 is 0 Å². The Hall–Kier alpha value is -2.31. The van der Waals surface area contributed by atoms with Gasteiger partial charge in [-0.1, -0.05) is 0 Å². The fraction of sp³-hybridized carbons (Fsp3) is 0.125. The molecule has 0 fully saturated rings. The first-order chi connectivity index (χ1) is 7.00. The average molecular weight is 208 g/mol. The number of hydrogen-bond donors (Lipinski definition) is 3. The Kier molecular flexibility index (Phi) is 1.75. The van der Waals surface area contributed by atoms with Crippen LogP contribution in [0.4, 0.5) is 5.82 Å². The summed E-state index contributed by atoms with van der Waals surface area (Å²) in [6, 6.07) is 1.25. The van der Waals surface area contributed by atoms with Crippen molar-refractivity contribution in [3.63, 3.8) is 0 Å². The van der Waals surface area contributed by atoms with Crippen LogP contribution in [-0.4, -0.2) is 25.7 Å². The largest absolute Gasteiger partial charge is 0.476 e. The topological polar surface area (TPSA) is 113 Å². The van der Waals surface area contributed by atoms with E-state index < -0.39 is 5.97 Å². The number of hydrogen-bond acceptors (Lipinski definition) is 4. The van der Waals surface area contributed by atoms with Crippen LogP contribution in [0.5, 0.6) is 0 Å². The number of aromatic nitrogens is 3. The van der Waals surface area contributed by atoms with Gasteiger partial charge in [0, 0.05) is 6.07 Å². The quantitative estimate of drug-likeness (QED) is 0.590. The molecule has 2 rings (SSSR count). The Morgan fingerprint density at radius 3 is 2.93 bits per heavy atom. The second kappa shape index (κ2) is 2.84. The number of aromatic carboxylic acids is 1. The molecule has 15 heavy (non-hydrogen) atoms. The van der Waals surface area contributed by atoms with Crippen molar-refractivity contribution in [3.05, 3.63) is 27.7 Å². The van der Waals surface area contributed by atoms with Crippen LogP contribution in [0.15, 0.2) is 10.9 Å². The smallest absolute Gasteiger partial charge is 0.356 e. The third-order valence-electron chi connectivity index (χ3n) is 2.12. The van der Waals surface area contributed by atoms with Gasteiger partial charge in [0.1, 0.15) is 11.5 Å². The fourth-order valence-electron chi connectivity index (χ4n) is 1.24. The van der Waals surface area contributed by atoms with Gasteiger partial charge in [-0.3, -0.25) is 4.79 Å². The van der Waals surface area contributed by atoms with E-state index in [0.29, 0.717) is 5.56 Å². The summed E-state index contributed by atoms with van der Waals surface area (Å²) in [6.07, 6.45) is 0. The molecule has 0 spiro atoms. The lowest BCUT2D eigenvalue weighted by Crippen LogP contribution is -2.16. The lowest BCUT2D eigenvalue weighted by molar-refractivity contribution is 0.0690. The van der Waals surface area contributed by atoms with Crippen LogP contribution in [-0.2, 0) is 0 Å². The number of carbonyl (C=O) groups is 1. The van der Waals surface area contributed by atoms with Crippen LogP contribution >= 0.6 is 0 Å². The third kappa shape index (κ3) is 1.25. The van der Waals surface area contributed by atoms with E-state index in [-0.39, 0.29) is 22.7 Å². The van der Waals surface area contributed by atoms with Gasteiger partial charge in [0.05, 0.1) is 5.56 Å². The molecule has 0 aromatic carbocycles. The van der Waals surface area contributed by atoms with Crippen molar-refractivity contribution in [2.24, 2.45) is 0 Å². The second-order valence-corrected chi connectivity index (χ2v) is 3.10. The number of carboxylic acid groups (broad SMARTS) is 1. The predicted molar refractivity (Wildman–Crippen MR) is 51.9 cm³/mol. The number of carboxylic acids is 1. The summed E-state index contributed by atoms with van der Waals surface area (Å²) in [5, 5.41) is 12.4. The van der Waals surface area contributed by atoms with Gasteiger partial charge in [0.15, 0.2) is 5.69 Å². The lowest BCUT2D eigenvalue weighted by atomic mass is 10.3. The van der Waals surface area contributed by atoms with Gasteiger partial charge in [-0.15, -0.1) is 0 Å². The SMILES string of the molecule is Cc1c(N)n2nc(C(=O)O)cc2[nH]c1=O. The maximum atomic E-state index is 11.3. The highest BCUT2D eigenvalue weighted by Gasteiger charge is 2.12. The van der Waals surface area contributed by atoms with Gasteiger partial charge in [0.25, 0.3) is 5.56 Å². The summed E-state index contributed by atoms with van der Waals surface area (Å²) in [5.74, 6) is -1.03. The van der Waals surface area contributed by atoms with Gasteiger partial charge < -0.3 is 15.8 Å². The first-order valence-electron chi connectivity index (χ1n) is 4.12. The van der Waals surface area contributed by atoms with Crippen LogP contribution in [0, 0.1) is 6.92 Å². The monoisotopic (exact) mass is 208 g/mol. The Labute approximate surface area is 83.1 Å². The Morgan fingerprint density at radius 2 is 2.33 bits per heavy atom. The molecule has 0 aliphatic heterocycles. The van der Waals surface area contributed by atoms with E-state index in [1.807, 2.05) is 0 Å². The molecule has 4 N–H and O–H groups in total. The van der Waals surface area contributed by atoms with Gasteiger partial charge in [-0.2, -0.15) is 5.10 Å². The number of nitrogen functional groups attached to an aromatic ring is 1. The minimum atomic E-state index is -1.17. The normalized spacial score (nSPS) is 10.7. The van der Waals surface area contributed by atoms with Gasteiger partial charge in [0.2, 0.25) is 0 Å². The van der Waals surface area contributed by atoms with Crippen molar-refractivity contribution < 1.29 is 9.90 Å². The second-order valence-electron chi connectivity index (χ2n) is 3.10. The van der Waals surface area contributed by atoms with Crippen molar-refractivity contribution in [1.29, 1.82) is 0 Å². The summed E-state index contributed by atoms with van der Waals surface area (Å²) in [4.78, 5) is 24.4. The van der Waals surface area contributed by atoms with Gasteiger partial charge in [-0.05, 0) is 6.92 Å². The fourth-order valence-corrected chi connectivity index (χ4v) is 1.24. The first-order valence-corrected chi connectivity index (χ1v) is 4.12. The maximum Gasteiger partial charge on any atom is 0.356 e. The van der Waals surface area contributed by atoms with E-state index in [4.69, 9.17) is 10.8 Å². The standard InChI is InChI=1S/C8H8N4O3/c1-3-6(9)12-5(10-7(3)13)2-4(11-12)8(14)15/h2H,9H2,1H3,(H,10,13)(H,14,15). The first kappa shape index (κ1) is 9.25. The summed E-state index contributed by atoms with van der Waals surface area (Å²) in [6.45, 7) is 1.54. The molecule has 0 bridgehead atoms. The molecule has 2 heterocycles. The molecule has 7 heteroatoms. The molecule has 0 saturated carbocycles. The van der Waals surface area contributed by atoms with E-state index in [1.165, 1.54) is 17.5 Å². The Bertz CT molecular complexity index is 610. The molecular weight excluding hydrogens is 200 g/mol. The van der Waals surface area contributed by atoms with Crippen LogP contribution in [0.2, 0.25) is 0 Å². The highest BCUT2D eigenvalue weighted by Crippen LogP contribution is 2.09. The lowest BCUT2D eigenvalue weighted by Gasteiger charge is -2.00. The number of anilines is 1. The molecule has 0 aliphatic carbocycles. The number of nitrogens with zero attached hydrogens (tertiary/aromatic N) is 2. The average Bonchev–Trinajstić information content (AvgIpc) is 2.58. The van der Waals surface area contributed by atoms with Crippen molar-refractivity contribution in [1.82, 2.24) is 14.6 Å². The minimum Gasteiger partial charge on any atom is -0.476 e. The maximum absolute atomic E-state index is 11.3. The highest BCUT2D eigenvalue weighted by molar-refractivity contribution is 5.86. The number of aromatic amines is 1. The summed E-state index contributed by atoms with van der Waals surface area (Å²) in [5.41, 5.74) is 5.68. The predicted octanol–water partition coefficient (Wildman–Crippen LogP) is -0.389. The number of fused-ring (bicyclic) bond motifs is 1. The van der Waals surface area contributed by atoms with E-state index in [1.54, 1.807) is 0 Å². The van der Waals surface area contributed by atoms with Crippen molar-refractivity contribution in [2.45, 2.75) is 6.92 Å². The van der Waals surface area contributed by atoms with Gasteiger partial charge >= 0.3 is 5.97 Å². The molecule has 2 aromatic heterocycles. The molecule has 0 unspecified atom stereocenters. The minimum absolute atomic E-state index is 0.140. The molecular formula is C8H8N4O3. The zero-order valence-corrected chi connectivity index (χ0v) is 7.81. The van der Waals surface area contributed by atoms with Crippen molar-refractivity contribution in [3.8, 4) is 0 Å². The molecule has 2 aromatic rings. The van der Waals surface area contributed by atoms with Crippen molar-refractivity contribution >= 4 is 17.4 Å².